The van der Waals surface area contributed by atoms with E-state index in [1.807, 2.05) is 6.92 Å². The molecule has 0 spiro atoms. The lowest BCUT2D eigenvalue weighted by Gasteiger charge is -2.10. The summed E-state index contributed by atoms with van der Waals surface area (Å²) in [5.41, 5.74) is 2.19. The van der Waals surface area contributed by atoms with E-state index in [2.05, 4.69) is 10.0 Å². The molecule has 0 aromatic heterocycles. The molecule has 0 unspecified atom stereocenters. The zero-order valence-electron chi connectivity index (χ0n) is 17.3. The van der Waals surface area contributed by atoms with Gasteiger partial charge in [0, 0.05) is 39.9 Å². The molecule has 32 heavy (non-hydrogen) atoms. The fraction of sp³-hybridized carbons (Fsp3) is 0.174. The van der Waals surface area contributed by atoms with Gasteiger partial charge >= 0.3 is 0 Å². The monoisotopic (exact) mass is 492 g/mol. The van der Waals surface area contributed by atoms with Crippen LogP contribution in [0.4, 0.5) is 10.1 Å². The Hall–Kier alpha value is -2.55. The van der Waals surface area contributed by atoms with E-state index < -0.39 is 10.0 Å². The number of nitrogens with one attached hydrogen (secondary N) is 2. The van der Waals surface area contributed by atoms with Crippen molar-refractivity contribution in [2.45, 2.75) is 17.6 Å². The number of thioether (sulfide) groups is 1. The normalized spacial score (nSPS) is 11.2. The van der Waals surface area contributed by atoms with Crippen LogP contribution in [0, 0.1) is 12.7 Å². The molecule has 0 heterocycles. The number of halogens is 2. The first-order valence-corrected chi connectivity index (χ1v) is 12.8. The Morgan fingerprint density at radius 2 is 1.72 bits per heavy atom. The van der Waals surface area contributed by atoms with Crippen molar-refractivity contribution in [2.24, 2.45) is 0 Å². The van der Waals surface area contributed by atoms with E-state index in [0.717, 1.165) is 5.56 Å². The first kappa shape index (κ1) is 24.1. The summed E-state index contributed by atoms with van der Waals surface area (Å²) in [5, 5.41) is 3.18. The number of hydrogen-bond donors (Lipinski definition) is 2. The van der Waals surface area contributed by atoms with Gasteiger partial charge in [0.15, 0.2) is 0 Å². The average molecular weight is 493 g/mol. The highest BCUT2D eigenvalue weighted by molar-refractivity contribution is 7.98. The summed E-state index contributed by atoms with van der Waals surface area (Å²) in [6, 6.07) is 17.3. The summed E-state index contributed by atoms with van der Waals surface area (Å²) < 4.78 is 41.2. The molecule has 0 saturated carbocycles. The van der Waals surface area contributed by atoms with Gasteiger partial charge in [0.25, 0.3) is 15.9 Å². The van der Waals surface area contributed by atoms with Gasteiger partial charge in [-0.1, -0.05) is 35.4 Å². The van der Waals surface area contributed by atoms with Gasteiger partial charge < -0.3 is 5.32 Å². The molecular weight excluding hydrogens is 471 g/mol. The topological polar surface area (TPSA) is 75.3 Å². The molecule has 3 rings (SSSR count). The lowest BCUT2D eigenvalue weighted by Crippen LogP contribution is -2.25. The molecule has 168 valence electrons. The van der Waals surface area contributed by atoms with Gasteiger partial charge in [-0.2, -0.15) is 11.8 Å². The van der Waals surface area contributed by atoms with Crippen LogP contribution in [0.2, 0.25) is 5.02 Å². The van der Waals surface area contributed by atoms with Crippen LogP contribution in [0.3, 0.4) is 0 Å². The first-order valence-electron chi connectivity index (χ1n) is 9.74. The van der Waals surface area contributed by atoms with Gasteiger partial charge in [-0.15, -0.1) is 0 Å². The molecule has 0 saturated heterocycles. The minimum absolute atomic E-state index is 0.166. The van der Waals surface area contributed by atoms with Crippen LogP contribution in [0.25, 0.3) is 0 Å². The van der Waals surface area contributed by atoms with Crippen LogP contribution in [0.15, 0.2) is 71.6 Å². The number of amides is 1. The summed E-state index contributed by atoms with van der Waals surface area (Å²) in [6.07, 6.45) is 0. The molecule has 0 aliphatic heterocycles. The summed E-state index contributed by atoms with van der Waals surface area (Å²) in [4.78, 5) is 12.5. The van der Waals surface area contributed by atoms with Crippen molar-refractivity contribution >= 4 is 45.0 Å². The van der Waals surface area contributed by atoms with Crippen LogP contribution >= 0.6 is 23.4 Å². The molecule has 0 aliphatic rings. The highest BCUT2D eigenvalue weighted by atomic mass is 35.5. The second-order valence-electron chi connectivity index (χ2n) is 7.00. The summed E-state index contributed by atoms with van der Waals surface area (Å²) in [7, 11) is -3.70. The largest absolute Gasteiger partial charge is 0.351 e. The number of aryl methyl sites for hydroxylation is 1. The Morgan fingerprint density at radius 1 is 1.03 bits per heavy atom. The number of rotatable bonds is 9. The van der Waals surface area contributed by atoms with Crippen molar-refractivity contribution in [3.8, 4) is 0 Å². The lowest BCUT2D eigenvalue weighted by molar-refractivity contribution is 0.0956. The van der Waals surface area contributed by atoms with Crippen LogP contribution in [-0.2, 0) is 15.8 Å². The molecule has 5 nitrogen and oxygen atoms in total. The van der Waals surface area contributed by atoms with Gasteiger partial charge in [-0.05, 0) is 55.5 Å². The summed E-state index contributed by atoms with van der Waals surface area (Å²) in [5.74, 6) is 0.386. The number of carbonyl (C=O) groups excluding carboxylic acids is 1. The molecule has 0 atom stereocenters. The van der Waals surface area contributed by atoms with E-state index >= 15 is 0 Å². The Kier molecular flexibility index (Phi) is 8.17. The van der Waals surface area contributed by atoms with Crippen molar-refractivity contribution in [1.29, 1.82) is 0 Å². The number of anilines is 1. The fourth-order valence-electron chi connectivity index (χ4n) is 2.80. The van der Waals surface area contributed by atoms with Gasteiger partial charge in [0.2, 0.25) is 0 Å². The van der Waals surface area contributed by atoms with Gasteiger partial charge in [-0.3, -0.25) is 9.52 Å². The Balaban J connectivity index is 1.48. The Labute approximate surface area is 196 Å². The molecule has 1 amide bonds. The van der Waals surface area contributed by atoms with E-state index in [0.29, 0.717) is 39.9 Å². The van der Waals surface area contributed by atoms with E-state index in [1.165, 1.54) is 42.1 Å². The zero-order chi connectivity index (χ0) is 23.1. The first-order chi connectivity index (χ1) is 15.3. The molecule has 0 bridgehead atoms. The maximum absolute atomic E-state index is 13.7. The minimum atomic E-state index is -3.70. The predicted octanol–water partition coefficient (Wildman–Crippen LogP) is 5.25. The SMILES string of the molecule is Cc1ccc(S(=O)(=O)Nc2ccc(C(=O)NCCSCc3c(F)cccc3Cl)cc2)cc1. The molecule has 0 radical (unpaired) electrons. The van der Waals surface area contributed by atoms with Crippen LogP contribution in [0.1, 0.15) is 21.5 Å². The standard InChI is InChI=1S/C23H22ClFN2O3S2/c1-16-5-11-19(12-6-16)32(29,30)27-18-9-7-17(8-10-18)23(28)26-13-14-31-15-20-21(24)3-2-4-22(20)25/h2-12,27H,13-15H2,1H3,(H,26,28). The quantitative estimate of drug-likeness (QED) is 0.400. The highest BCUT2D eigenvalue weighted by Crippen LogP contribution is 2.23. The molecule has 9 heteroatoms. The highest BCUT2D eigenvalue weighted by Gasteiger charge is 2.14. The van der Waals surface area contributed by atoms with Crippen molar-refractivity contribution in [1.82, 2.24) is 5.32 Å². The van der Waals surface area contributed by atoms with E-state index in [4.69, 9.17) is 11.6 Å². The van der Waals surface area contributed by atoms with E-state index in [-0.39, 0.29) is 16.6 Å². The predicted molar refractivity (Wildman–Crippen MR) is 128 cm³/mol. The number of sulfonamides is 1. The van der Waals surface area contributed by atoms with Crippen LogP contribution in [0.5, 0.6) is 0 Å². The van der Waals surface area contributed by atoms with Gasteiger partial charge in [0.05, 0.1) is 4.90 Å². The van der Waals surface area contributed by atoms with E-state index in [1.54, 1.807) is 36.4 Å². The van der Waals surface area contributed by atoms with Gasteiger partial charge in [0.1, 0.15) is 5.82 Å². The lowest BCUT2D eigenvalue weighted by atomic mass is 10.2. The minimum Gasteiger partial charge on any atom is -0.351 e. The van der Waals surface area contributed by atoms with Crippen molar-refractivity contribution < 1.29 is 17.6 Å². The van der Waals surface area contributed by atoms with E-state index in [9.17, 15) is 17.6 Å². The molecule has 0 fully saturated rings. The third kappa shape index (κ3) is 6.48. The molecule has 3 aromatic carbocycles. The van der Waals surface area contributed by atoms with Gasteiger partial charge in [-0.25, -0.2) is 12.8 Å². The number of hydrogen-bond acceptors (Lipinski definition) is 4. The Bertz CT molecular complexity index is 1160. The maximum Gasteiger partial charge on any atom is 0.261 e. The second kappa shape index (κ2) is 10.8. The summed E-state index contributed by atoms with van der Waals surface area (Å²) in [6.45, 7) is 2.28. The van der Waals surface area contributed by atoms with Crippen LogP contribution < -0.4 is 10.0 Å². The molecule has 2 N–H and O–H groups in total. The number of carbonyl (C=O) groups is 1. The second-order valence-corrected chi connectivity index (χ2v) is 10.2. The number of benzene rings is 3. The average Bonchev–Trinajstić information content (AvgIpc) is 2.75. The van der Waals surface area contributed by atoms with Crippen LogP contribution in [-0.4, -0.2) is 26.6 Å². The smallest absolute Gasteiger partial charge is 0.261 e. The third-order valence-corrected chi connectivity index (χ3v) is 7.31. The zero-order valence-corrected chi connectivity index (χ0v) is 19.7. The fourth-order valence-corrected chi connectivity index (χ4v) is 5.06. The maximum atomic E-state index is 13.7. The van der Waals surface area contributed by atoms with Crippen molar-refractivity contribution in [3.05, 3.63) is 94.3 Å². The molecular formula is C23H22ClFN2O3S2. The van der Waals surface area contributed by atoms with Crippen molar-refractivity contribution in [3.63, 3.8) is 0 Å². The summed E-state index contributed by atoms with van der Waals surface area (Å²) >= 11 is 7.46. The molecule has 0 aliphatic carbocycles. The van der Waals surface area contributed by atoms with Crippen molar-refractivity contribution in [2.75, 3.05) is 17.0 Å². The molecule has 3 aromatic rings. The Morgan fingerprint density at radius 3 is 2.38 bits per heavy atom. The third-order valence-electron chi connectivity index (χ3n) is 4.57.